The molecule has 0 aliphatic rings. The topological polar surface area (TPSA) is 102 Å². The van der Waals surface area contributed by atoms with Crippen LogP contribution in [-0.2, 0) is 4.79 Å². The molecule has 4 rings (SSSR count). The number of rotatable bonds is 9. The number of nitrogens with one attached hydrogen (secondary N) is 1. The van der Waals surface area contributed by atoms with Gasteiger partial charge < -0.3 is 9.84 Å². The third kappa shape index (κ3) is 6.17. The molecular formula is C25H21Cl2N5O3S. The second kappa shape index (κ2) is 11.9. The smallest absolute Gasteiger partial charge is 0.250 e. The number of phenolic OH excluding ortho intramolecular Hbond substituents is 1. The highest BCUT2D eigenvalue weighted by atomic mass is 35.5. The van der Waals surface area contributed by atoms with Gasteiger partial charge in [0.25, 0.3) is 5.91 Å². The number of hydrazone groups is 1. The molecule has 0 aliphatic carbocycles. The normalized spacial score (nSPS) is 11.1. The van der Waals surface area contributed by atoms with Crippen molar-refractivity contribution >= 4 is 47.1 Å². The van der Waals surface area contributed by atoms with Gasteiger partial charge in [0.2, 0.25) is 0 Å². The molecule has 1 heterocycles. The molecule has 184 valence electrons. The molecule has 3 aromatic carbocycles. The number of halogens is 2. The average molecular weight is 542 g/mol. The Morgan fingerprint density at radius 2 is 1.78 bits per heavy atom. The Bertz CT molecular complexity index is 1380. The molecule has 0 saturated heterocycles. The van der Waals surface area contributed by atoms with Crippen LogP contribution in [-0.4, -0.2) is 44.4 Å². The maximum Gasteiger partial charge on any atom is 0.250 e. The van der Waals surface area contributed by atoms with Gasteiger partial charge in [-0.15, -0.1) is 10.2 Å². The second-order valence-corrected chi connectivity index (χ2v) is 9.15. The second-order valence-electron chi connectivity index (χ2n) is 7.33. The summed E-state index contributed by atoms with van der Waals surface area (Å²) in [6.07, 6.45) is 1.36. The number of amides is 1. The summed E-state index contributed by atoms with van der Waals surface area (Å²) in [6.45, 7) is 2.24. The summed E-state index contributed by atoms with van der Waals surface area (Å²) in [6, 6.07) is 19.5. The first-order valence-corrected chi connectivity index (χ1v) is 12.6. The van der Waals surface area contributed by atoms with Crippen LogP contribution >= 0.6 is 35.0 Å². The lowest BCUT2D eigenvalue weighted by Crippen LogP contribution is -2.20. The lowest BCUT2D eigenvalue weighted by atomic mass is 10.2. The molecule has 8 nitrogen and oxygen atoms in total. The van der Waals surface area contributed by atoms with Gasteiger partial charge in [-0.1, -0.05) is 41.0 Å². The zero-order valence-corrected chi connectivity index (χ0v) is 21.4. The minimum absolute atomic E-state index is 0.0364. The van der Waals surface area contributed by atoms with Crippen LogP contribution in [0, 0.1) is 0 Å². The van der Waals surface area contributed by atoms with Crippen molar-refractivity contribution in [2.24, 2.45) is 5.10 Å². The van der Waals surface area contributed by atoms with Crippen LogP contribution in [0.3, 0.4) is 0 Å². The zero-order valence-electron chi connectivity index (χ0n) is 19.1. The van der Waals surface area contributed by atoms with E-state index in [9.17, 15) is 9.90 Å². The van der Waals surface area contributed by atoms with E-state index in [1.54, 1.807) is 42.5 Å². The van der Waals surface area contributed by atoms with Crippen molar-refractivity contribution in [2.45, 2.75) is 12.1 Å². The van der Waals surface area contributed by atoms with Crippen molar-refractivity contribution in [3.63, 3.8) is 0 Å². The molecule has 11 heteroatoms. The number of phenols is 1. The minimum atomic E-state index is -0.351. The van der Waals surface area contributed by atoms with Crippen LogP contribution in [0.2, 0.25) is 10.0 Å². The van der Waals surface area contributed by atoms with Gasteiger partial charge >= 0.3 is 0 Å². The van der Waals surface area contributed by atoms with E-state index in [0.29, 0.717) is 38.9 Å². The van der Waals surface area contributed by atoms with Crippen LogP contribution in [0.5, 0.6) is 11.5 Å². The molecular weight excluding hydrogens is 521 g/mol. The largest absolute Gasteiger partial charge is 0.504 e. The maximum atomic E-state index is 12.4. The molecule has 0 fully saturated rings. The number of carbonyl (C=O) groups is 1. The number of nitrogens with zero attached hydrogens (tertiary/aromatic N) is 4. The van der Waals surface area contributed by atoms with E-state index >= 15 is 0 Å². The Hall–Kier alpha value is -3.53. The van der Waals surface area contributed by atoms with Crippen molar-refractivity contribution in [1.82, 2.24) is 20.2 Å². The molecule has 0 radical (unpaired) electrons. The van der Waals surface area contributed by atoms with Gasteiger partial charge in [0.05, 0.1) is 18.6 Å². The van der Waals surface area contributed by atoms with E-state index in [-0.39, 0.29) is 17.4 Å². The fraction of sp³-hybridized carbons (Fsp3) is 0.120. The van der Waals surface area contributed by atoms with Crippen molar-refractivity contribution in [1.29, 1.82) is 0 Å². The molecule has 1 aromatic heterocycles. The molecule has 0 unspecified atom stereocenters. The Labute approximate surface area is 221 Å². The van der Waals surface area contributed by atoms with Crippen molar-refractivity contribution < 1.29 is 14.6 Å². The number of ether oxygens (including phenoxy) is 1. The third-order valence-corrected chi connectivity index (χ3v) is 6.31. The predicted molar refractivity (Wildman–Crippen MR) is 143 cm³/mol. The first kappa shape index (κ1) is 25.6. The Kier molecular flexibility index (Phi) is 8.48. The van der Waals surface area contributed by atoms with Crippen LogP contribution in [0.4, 0.5) is 0 Å². The fourth-order valence-electron chi connectivity index (χ4n) is 3.22. The SMILES string of the molecule is CCOc1cccc(C=NNC(=O)CSc2nnc(-c3ccc(Cl)cc3)n2-c2ccc(Cl)cc2)c1O. The molecule has 36 heavy (non-hydrogen) atoms. The number of para-hydroxylation sites is 1. The highest BCUT2D eigenvalue weighted by Gasteiger charge is 2.17. The summed E-state index contributed by atoms with van der Waals surface area (Å²) in [5.41, 5.74) is 4.49. The maximum absolute atomic E-state index is 12.4. The van der Waals surface area contributed by atoms with Gasteiger partial charge in [-0.2, -0.15) is 5.10 Å². The van der Waals surface area contributed by atoms with Gasteiger partial charge in [-0.3, -0.25) is 9.36 Å². The standard InChI is InChI=1S/C25H21Cl2N5O3S/c1-2-35-21-5-3-4-17(23(21)34)14-28-29-22(33)15-36-25-31-30-24(16-6-8-18(26)9-7-16)32(25)20-12-10-19(27)11-13-20/h3-14,34H,2,15H2,1H3,(H,29,33). The van der Waals surface area contributed by atoms with Gasteiger partial charge in [0, 0.05) is 26.9 Å². The van der Waals surface area contributed by atoms with Crippen LogP contribution in [0.15, 0.2) is 77.0 Å². The first-order valence-electron chi connectivity index (χ1n) is 10.8. The van der Waals surface area contributed by atoms with Crippen LogP contribution in [0.25, 0.3) is 17.1 Å². The summed E-state index contributed by atoms with van der Waals surface area (Å²) in [5, 5.41) is 24.6. The third-order valence-electron chi connectivity index (χ3n) is 4.88. The Morgan fingerprint density at radius 1 is 1.08 bits per heavy atom. The number of aromatic nitrogens is 3. The van der Waals surface area contributed by atoms with E-state index in [1.807, 2.05) is 35.8 Å². The van der Waals surface area contributed by atoms with E-state index < -0.39 is 0 Å². The summed E-state index contributed by atoms with van der Waals surface area (Å²) < 4.78 is 7.20. The van der Waals surface area contributed by atoms with Gasteiger partial charge in [-0.25, -0.2) is 5.43 Å². The summed E-state index contributed by atoms with van der Waals surface area (Å²) in [7, 11) is 0. The molecule has 0 aliphatic heterocycles. The quantitative estimate of drug-likeness (QED) is 0.163. The molecule has 0 bridgehead atoms. The number of aromatic hydroxyl groups is 1. The first-order chi connectivity index (χ1) is 17.5. The molecule has 0 saturated carbocycles. The van der Waals surface area contributed by atoms with Crippen LogP contribution in [0.1, 0.15) is 12.5 Å². The van der Waals surface area contributed by atoms with Gasteiger partial charge in [0.1, 0.15) is 0 Å². The van der Waals surface area contributed by atoms with Crippen LogP contribution < -0.4 is 10.2 Å². The van der Waals surface area contributed by atoms with E-state index in [0.717, 1.165) is 11.3 Å². The van der Waals surface area contributed by atoms with Crippen molar-refractivity contribution in [3.8, 4) is 28.6 Å². The number of hydrogen-bond acceptors (Lipinski definition) is 7. The van der Waals surface area contributed by atoms with E-state index in [4.69, 9.17) is 27.9 Å². The lowest BCUT2D eigenvalue weighted by molar-refractivity contribution is -0.118. The molecule has 0 spiro atoms. The number of hydrogen-bond donors (Lipinski definition) is 2. The average Bonchev–Trinajstić information content (AvgIpc) is 3.30. The number of thioether (sulfide) groups is 1. The van der Waals surface area contributed by atoms with Crippen molar-refractivity contribution in [2.75, 3.05) is 12.4 Å². The molecule has 0 atom stereocenters. The number of benzene rings is 3. The summed E-state index contributed by atoms with van der Waals surface area (Å²) in [5.74, 6) is 0.586. The number of carbonyl (C=O) groups excluding carboxylic acids is 1. The Balaban J connectivity index is 1.49. The summed E-state index contributed by atoms with van der Waals surface area (Å²) in [4.78, 5) is 12.4. The monoisotopic (exact) mass is 541 g/mol. The highest BCUT2D eigenvalue weighted by Crippen LogP contribution is 2.30. The molecule has 4 aromatic rings. The molecule has 2 N–H and O–H groups in total. The summed E-state index contributed by atoms with van der Waals surface area (Å²) >= 11 is 13.3. The predicted octanol–water partition coefficient (Wildman–Crippen LogP) is 5.59. The van der Waals surface area contributed by atoms with E-state index in [1.165, 1.54) is 18.0 Å². The minimum Gasteiger partial charge on any atom is -0.504 e. The lowest BCUT2D eigenvalue weighted by Gasteiger charge is -2.10. The van der Waals surface area contributed by atoms with Gasteiger partial charge in [-0.05, 0) is 67.6 Å². The van der Waals surface area contributed by atoms with Crippen molar-refractivity contribution in [3.05, 3.63) is 82.3 Å². The van der Waals surface area contributed by atoms with E-state index in [2.05, 4.69) is 20.7 Å². The highest BCUT2D eigenvalue weighted by molar-refractivity contribution is 7.99. The molecule has 1 amide bonds. The Morgan fingerprint density at radius 3 is 2.47 bits per heavy atom. The van der Waals surface area contributed by atoms with Gasteiger partial charge in [0.15, 0.2) is 22.5 Å². The fourth-order valence-corrected chi connectivity index (χ4v) is 4.22. The zero-order chi connectivity index (χ0) is 25.5.